The van der Waals surface area contributed by atoms with Gasteiger partial charge in [0.2, 0.25) is 0 Å². The number of nitrogens with zero attached hydrogens (tertiary/aromatic N) is 1. The third-order valence-corrected chi connectivity index (χ3v) is 4.41. The van der Waals surface area contributed by atoms with Crippen molar-refractivity contribution in [2.24, 2.45) is 0 Å². The summed E-state index contributed by atoms with van der Waals surface area (Å²) in [5.41, 5.74) is 1.62. The first kappa shape index (κ1) is 13.3. The number of Topliss-reactive ketones (excluding diaryl/α,β-unsaturated/α-hetero) is 1. The van der Waals surface area contributed by atoms with Crippen molar-refractivity contribution in [1.29, 1.82) is 0 Å². The standard InChI is InChI=1S/C16H23NO/c1-17(2)16(12-9-15(18)10-13-16)11-8-14-6-4-3-5-7-14/h3-7H,8-13H2,1-2H3. The molecule has 1 aliphatic carbocycles. The number of carbonyl (C=O) groups is 1. The van der Waals surface area contributed by atoms with E-state index in [0.717, 1.165) is 38.5 Å². The van der Waals surface area contributed by atoms with Crippen LogP contribution in [-0.4, -0.2) is 30.3 Å². The second kappa shape index (κ2) is 5.66. The molecular formula is C16H23NO. The summed E-state index contributed by atoms with van der Waals surface area (Å²) in [6, 6.07) is 10.6. The highest BCUT2D eigenvalue weighted by atomic mass is 16.1. The Labute approximate surface area is 110 Å². The second-order valence-electron chi connectivity index (χ2n) is 5.64. The molecule has 2 heteroatoms. The van der Waals surface area contributed by atoms with Crippen LogP contribution in [0.1, 0.15) is 37.7 Å². The van der Waals surface area contributed by atoms with Crippen molar-refractivity contribution in [2.75, 3.05) is 14.1 Å². The monoisotopic (exact) mass is 245 g/mol. The molecule has 98 valence electrons. The zero-order valence-corrected chi connectivity index (χ0v) is 11.5. The van der Waals surface area contributed by atoms with Crippen molar-refractivity contribution in [1.82, 2.24) is 4.90 Å². The van der Waals surface area contributed by atoms with Gasteiger partial charge in [0.1, 0.15) is 5.78 Å². The Balaban J connectivity index is 2.01. The van der Waals surface area contributed by atoms with Gasteiger partial charge in [-0.2, -0.15) is 0 Å². The summed E-state index contributed by atoms with van der Waals surface area (Å²) in [6.07, 6.45) is 5.81. The molecule has 0 amide bonds. The van der Waals surface area contributed by atoms with E-state index >= 15 is 0 Å². The fraction of sp³-hybridized carbons (Fsp3) is 0.562. The molecule has 0 bridgehead atoms. The van der Waals surface area contributed by atoms with E-state index < -0.39 is 0 Å². The lowest BCUT2D eigenvalue weighted by Crippen LogP contribution is -2.47. The highest BCUT2D eigenvalue weighted by Crippen LogP contribution is 2.34. The van der Waals surface area contributed by atoms with Crippen LogP contribution >= 0.6 is 0 Å². The molecule has 1 fully saturated rings. The zero-order valence-electron chi connectivity index (χ0n) is 11.5. The Morgan fingerprint density at radius 1 is 1.11 bits per heavy atom. The molecule has 0 atom stereocenters. The predicted octanol–water partition coefficient (Wildman–Crippen LogP) is 3.06. The smallest absolute Gasteiger partial charge is 0.133 e. The highest BCUT2D eigenvalue weighted by Gasteiger charge is 2.36. The largest absolute Gasteiger partial charge is 0.304 e. The summed E-state index contributed by atoms with van der Waals surface area (Å²) < 4.78 is 0. The fourth-order valence-corrected chi connectivity index (χ4v) is 2.94. The molecule has 0 aliphatic heterocycles. The van der Waals surface area contributed by atoms with Crippen LogP contribution in [0.25, 0.3) is 0 Å². The molecule has 0 N–H and O–H groups in total. The van der Waals surface area contributed by atoms with E-state index in [1.807, 2.05) is 0 Å². The van der Waals surface area contributed by atoms with Crippen molar-refractivity contribution in [3.8, 4) is 0 Å². The van der Waals surface area contributed by atoms with Crippen LogP contribution in [0, 0.1) is 0 Å². The molecule has 0 spiro atoms. The lowest BCUT2D eigenvalue weighted by atomic mass is 9.76. The van der Waals surface area contributed by atoms with Gasteiger partial charge < -0.3 is 4.90 Å². The lowest BCUT2D eigenvalue weighted by molar-refractivity contribution is -0.122. The summed E-state index contributed by atoms with van der Waals surface area (Å²) in [7, 11) is 4.31. The van der Waals surface area contributed by atoms with Crippen molar-refractivity contribution >= 4 is 5.78 Å². The number of benzene rings is 1. The fourth-order valence-electron chi connectivity index (χ4n) is 2.94. The van der Waals surface area contributed by atoms with Crippen molar-refractivity contribution < 1.29 is 4.79 Å². The molecule has 0 radical (unpaired) electrons. The topological polar surface area (TPSA) is 20.3 Å². The molecule has 0 saturated heterocycles. The summed E-state index contributed by atoms with van der Waals surface area (Å²) in [5, 5.41) is 0. The maximum absolute atomic E-state index is 11.4. The quantitative estimate of drug-likeness (QED) is 0.812. The van der Waals surface area contributed by atoms with Gasteiger partial charge in [-0.1, -0.05) is 30.3 Å². The highest BCUT2D eigenvalue weighted by molar-refractivity contribution is 5.79. The van der Waals surface area contributed by atoms with Gasteiger partial charge in [-0.05, 0) is 45.3 Å². The SMILES string of the molecule is CN(C)C1(CCc2ccccc2)CCC(=O)CC1. The van der Waals surface area contributed by atoms with Crippen LogP contribution in [-0.2, 0) is 11.2 Å². The average Bonchev–Trinajstić information content (AvgIpc) is 2.39. The van der Waals surface area contributed by atoms with E-state index in [4.69, 9.17) is 0 Å². The molecule has 0 unspecified atom stereocenters. The van der Waals surface area contributed by atoms with Crippen molar-refractivity contribution in [3.63, 3.8) is 0 Å². The minimum absolute atomic E-state index is 0.226. The molecule has 0 heterocycles. The van der Waals surface area contributed by atoms with E-state index in [-0.39, 0.29) is 5.54 Å². The van der Waals surface area contributed by atoms with Crippen molar-refractivity contribution in [3.05, 3.63) is 35.9 Å². The zero-order chi connectivity index (χ0) is 13.0. The molecule has 2 nitrogen and oxygen atoms in total. The maximum atomic E-state index is 11.4. The van der Waals surface area contributed by atoms with Crippen molar-refractivity contribution in [2.45, 2.75) is 44.1 Å². The number of rotatable bonds is 4. The Morgan fingerprint density at radius 3 is 2.28 bits per heavy atom. The second-order valence-corrected chi connectivity index (χ2v) is 5.64. The predicted molar refractivity (Wildman–Crippen MR) is 74.7 cm³/mol. The molecule has 1 aromatic carbocycles. The van der Waals surface area contributed by atoms with E-state index in [0.29, 0.717) is 5.78 Å². The summed E-state index contributed by atoms with van der Waals surface area (Å²) >= 11 is 0. The van der Waals surface area contributed by atoms with Gasteiger partial charge in [-0.25, -0.2) is 0 Å². The Kier molecular flexibility index (Phi) is 4.18. The first-order valence-electron chi connectivity index (χ1n) is 6.85. The van der Waals surface area contributed by atoms with Gasteiger partial charge >= 0.3 is 0 Å². The van der Waals surface area contributed by atoms with Gasteiger partial charge in [-0.3, -0.25) is 4.79 Å². The molecular weight excluding hydrogens is 222 g/mol. The van der Waals surface area contributed by atoms with E-state index in [2.05, 4.69) is 49.3 Å². The maximum Gasteiger partial charge on any atom is 0.133 e. The van der Waals surface area contributed by atoms with Gasteiger partial charge in [-0.15, -0.1) is 0 Å². The Morgan fingerprint density at radius 2 is 1.72 bits per heavy atom. The van der Waals surface area contributed by atoms with Gasteiger partial charge in [0.15, 0.2) is 0 Å². The minimum Gasteiger partial charge on any atom is -0.304 e. The van der Waals surface area contributed by atoms with Crippen LogP contribution in [0.5, 0.6) is 0 Å². The normalized spacial score (nSPS) is 19.2. The van der Waals surface area contributed by atoms with Crippen LogP contribution in [0.15, 0.2) is 30.3 Å². The van der Waals surface area contributed by atoms with Crippen LogP contribution < -0.4 is 0 Å². The summed E-state index contributed by atoms with van der Waals surface area (Å²) in [6.45, 7) is 0. The average molecular weight is 245 g/mol. The van der Waals surface area contributed by atoms with E-state index in [9.17, 15) is 4.79 Å². The summed E-state index contributed by atoms with van der Waals surface area (Å²) in [5.74, 6) is 0.437. The number of hydrogen-bond acceptors (Lipinski definition) is 2. The lowest BCUT2D eigenvalue weighted by Gasteiger charge is -2.43. The van der Waals surface area contributed by atoms with Crippen LogP contribution in [0.2, 0.25) is 0 Å². The molecule has 0 aromatic heterocycles. The van der Waals surface area contributed by atoms with Gasteiger partial charge in [0.25, 0.3) is 0 Å². The summed E-state index contributed by atoms with van der Waals surface area (Å²) in [4.78, 5) is 13.8. The minimum atomic E-state index is 0.226. The molecule has 1 saturated carbocycles. The molecule has 2 rings (SSSR count). The van der Waals surface area contributed by atoms with Crippen LogP contribution in [0.3, 0.4) is 0 Å². The van der Waals surface area contributed by atoms with E-state index in [1.54, 1.807) is 0 Å². The number of hydrogen-bond donors (Lipinski definition) is 0. The molecule has 1 aromatic rings. The third-order valence-electron chi connectivity index (χ3n) is 4.41. The Bertz CT molecular complexity index is 387. The third kappa shape index (κ3) is 2.99. The molecule has 1 aliphatic rings. The first-order valence-corrected chi connectivity index (χ1v) is 6.85. The van der Waals surface area contributed by atoms with Gasteiger partial charge in [0, 0.05) is 18.4 Å². The number of aryl methyl sites for hydroxylation is 1. The Hall–Kier alpha value is -1.15. The van der Waals surface area contributed by atoms with E-state index in [1.165, 1.54) is 5.56 Å². The molecule has 18 heavy (non-hydrogen) atoms. The first-order chi connectivity index (χ1) is 8.62. The van der Waals surface area contributed by atoms with Crippen LogP contribution in [0.4, 0.5) is 0 Å². The number of ketones is 1. The van der Waals surface area contributed by atoms with Gasteiger partial charge in [0.05, 0.1) is 0 Å². The number of carbonyl (C=O) groups excluding carboxylic acids is 1.